The Kier molecular flexibility index (Phi) is 3.85. The molecule has 0 saturated heterocycles. The van der Waals surface area contributed by atoms with Crippen molar-refractivity contribution in [2.45, 2.75) is 39.0 Å². The number of furan rings is 1. The molecular formula is C21H21NO2. The molecular weight excluding hydrogens is 298 g/mol. The second kappa shape index (κ2) is 6.16. The van der Waals surface area contributed by atoms with Gasteiger partial charge in [-0.15, -0.1) is 0 Å². The molecule has 3 aromatic rings. The number of nitrogens with one attached hydrogen (secondary N) is 1. The van der Waals surface area contributed by atoms with Crippen molar-refractivity contribution in [3.8, 4) is 0 Å². The molecule has 1 N–H and O–H groups in total. The van der Waals surface area contributed by atoms with Gasteiger partial charge in [-0.1, -0.05) is 25.1 Å². The molecule has 1 aliphatic carbocycles. The third-order valence-electron chi connectivity index (χ3n) is 4.89. The fourth-order valence-electron chi connectivity index (χ4n) is 3.60. The molecule has 0 saturated carbocycles. The number of para-hydroxylation sites is 1. The van der Waals surface area contributed by atoms with Crippen LogP contribution in [0.3, 0.4) is 0 Å². The first-order valence-electron chi connectivity index (χ1n) is 8.64. The maximum atomic E-state index is 12.5. The second-order valence-electron chi connectivity index (χ2n) is 6.47. The quantitative estimate of drug-likeness (QED) is 0.759. The monoisotopic (exact) mass is 319 g/mol. The summed E-state index contributed by atoms with van der Waals surface area (Å²) in [6.45, 7) is 2.09. The van der Waals surface area contributed by atoms with Crippen LogP contribution in [0, 0.1) is 0 Å². The Morgan fingerprint density at radius 2 is 1.92 bits per heavy atom. The average Bonchev–Trinajstić information content (AvgIpc) is 3.20. The summed E-state index contributed by atoms with van der Waals surface area (Å²) in [5.41, 5.74) is 6.71. The summed E-state index contributed by atoms with van der Waals surface area (Å²) in [6.07, 6.45) is 6.44. The Morgan fingerprint density at radius 3 is 2.75 bits per heavy atom. The van der Waals surface area contributed by atoms with E-state index in [9.17, 15) is 4.79 Å². The van der Waals surface area contributed by atoms with Gasteiger partial charge in [-0.05, 0) is 60.6 Å². The first-order chi connectivity index (χ1) is 11.7. The van der Waals surface area contributed by atoms with E-state index in [2.05, 4.69) is 24.4 Å². The van der Waals surface area contributed by atoms with Crippen LogP contribution < -0.4 is 5.32 Å². The van der Waals surface area contributed by atoms with E-state index in [1.807, 2.05) is 24.3 Å². The number of fused-ring (bicyclic) bond motifs is 2. The van der Waals surface area contributed by atoms with E-state index in [0.717, 1.165) is 47.0 Å². The fraction of sp³-hybridized carbons (Fsp3) is 0.286. The van der Waals surface area contributed by atoms with Crippen LogP contribution in [0.4, 0.5) is 5.69 Å². The standard InChI is InChI=1S/C21H21NO2/c1-2-14-6-3-4-9-19(14)22-21(23)12-17-13-24-20-11-16-8-5-7-15(16)10-18(17)20/h3-4,6,9-11,13H,2,5,7-8,12H2,1H3,(H,22,23). The van der Waals surface area contributed by atoms with Crippen LogP contribution in [0.2, 0.25) is 0 Å². The zero-order chi connectivity index (χ0) is 16.5. The number of aryl methyl sites for hydroxylation is 3. The lowest BCUT2D eigenvalue weighted by atomic mass is 10.0. The molecule has 0 bridgehead atoms. The van der Waals surface area contributed by atoms with Crippen molar-refractivity contribution in [3.05, 3.63) is 64.9 Å². The number of hydrogen-bond donors (Lipinski definition) is 1. The van der Waals surface area contributed by atoms with Crippen LogP contribution in [0.1, 0.15) is 35.6 Å². The summed E-state index contributed by atoms with van der Waals surface area (Å²) in [5.74, 6) is -0.000835. The van der Waals surface area contributed by atoms with Crippen molar-refractivity contribution in [2.75, 3.05) is 5.32 Å². The maximum absolute atomic E-state index is 12.5. The van der Waals surface area contributed by atoms with Gasteiger partial charge in [0.25, 0.3) is 0 Å². The van der Waals surface area contributed by atoms with Crippen molar-refractivity contribution in [1.29, 1.82) is 0 Å². The van der Waals surface area contributed by atoms with Crippen molar-refractivity contribution >= 4 is 22.6 Å². The minimum absolute atomic E-state index is 0.000835. The van der Waals surface area contributed by atoms with Crippen LogP contribution in [0.5, 0.6) is 0 Å². The largest absolute Gasteiger partial charge is 0.464 e. The van der Waals surface area contributed by atoms with E-state index < -0.39 is 0 Å². The number of carbonyl (C=O) groups is 1. The summed E-state index contributed by atoms with van der Waals surface area (Å²) in [6, 6.07) is 12.3. The smallest absolute Gasteiger partial charge is 0.228 e. The summed E-state index contributed by atoms with van der Waals surface area (Å²) >= 11 is 0. The van der Waals surface area contributed by atoms with Crippen LogP contribution in [-0.4, -0.2) is 5.91 Å². The van der Waals surface area contributed by atoms with Crippen LogP contribution in [0.15, 0.2) is 47.1 Å². The van der Waals surface area contributed by atoms with E-state index >= 15 is 0 Å². The van der Waals surface area contributed by atoms with Crippen LogP contribution in [-0.2, 0) is 30.5 Å². The van der Waals surface area contributed by atoms with Crippen molar-refractivity contribution in [3.63, 3.8) is 0 Å². The fourth-order valence-corrected chi connectivity index (χ4v) is 3.60. The zero-order valence-corrected chi connectivity index (χ0v) is 13.9. The van der Waals surface area contributed by atoms with Crippen LogP contribution in [0.25, 0.3) is 11.0 Å². The molecule has 3 heteroatoms. The molecule has 2 aromatic carbocycles. The Balaban J connectivity index is 1.57. The number of hydrogen-bond acceptors (Lipinski definition) is 2. The van der Waals surface area contributed by atoms with Crippen molar-refractivity contribution < 1.29 is 9.21 Å². The first kappa shape index (κ1) is 15.0. The molecule has 122 valence electrons. The number of benzene rings is 2. The lowest BCUT2D eigenvalue weighted by molar-refractivity contribution is -0.115. The molecule has 0 unspecified atom stereocenters. The Morgan fingerprint density at radius 1 is 1.12 bits per heavy atom. The molecule has 0 atom stereocenters. The van der Waals surface area contributed by atoms with E-state index in [-0.39, 0.29) is 5.91 Å². The second-order valence-corrected chi connectivity index (χ2v) is 6.47. The Hall–Kier alpha value is -2.55. The molecule has 0 aliphatic heterocycles. The number of carbonyl (C=O) groups excluding carboxylic acids is 1. The topological polar surface area (TPSA) is 42.2 Å². The van der Waals surface area contributed by atoms with Gasteiger partial charge < -0.3 is 9.73 Å². The third-order valence-corrected chi connectivity index (χ3v) is 4.89. The summed E-state index contributed by atoms with van der Waals surface area (Å²) in [7, 11) is 0. The van der Waals surface area contributed by atoms with E-state index in [0.29, 0.717) is 6.42 Å². The third kappa shape index (κ3) is 2.71. The minimum Gasteiger partial charge on any atom is -0.464 e. The van der Waals surface area contributed by atoms with Crippen molar-refractivity contribution in [2.24, 2.45) is 0 Å². The molecule has 1 amide bonds. The van der Waals surface area contributed by atoms with Crippen molar-refractivity contribution in [1.82, 2.24) is 0 Å². The van der Waals surface area contributed by atoms with Gasteiger partial charge in [0.1, 0.15) is 5.58 Å². The number of amides is 1. The van der Waals surface area contributed by atoms with Gasteiger partial charge in [-0.3, -0.25) is 4.79 Å². The highest BCUT2D eigenvalue weighted by Crippen LogP contribution is 2.30. The number of rotatable bonds is 4. The highest BCUT2D eigenvalue weighted by Gasteiger charge is 2.17. The molecule has 1 aliphatic rings. The Labute approximate surface area is 141 Å². The predicted octanol–water partition coefficient (Wildman–Crippen LogP) is 4.67. The minimum atomic E-state index is -0.000835. The summed E-state index contributed by atoms with van der Waals surface area (Å²) in [4.78, 5) is 12.5. The molecule has 0 radical (unpaired) electrons. The normalized spacial score (nSPS) is 13.2. The molecule has 0 fully saturated rings. The molecule has 1 aromatic heterocycles. The molecule has 4 rings (SSSR count). The van der Waals surface area contributed by atoms with Gasteiger partial charge in [0.15, 0.2) is 0 Å². The van der Waals surface area contributed by atoms with E-state index in [1.54, 1.807) is 6.26 Å². The van der Waals surface area contributed by atoms with E-state index in [1.165, 1.54) is 17.5 Å². The highest BCUT2D eigenvalue weighted by molar-refractivity contribution is 5.96. The molecule has 24 heavy (non-hydrogen) atoms. The first-order valence-corrected chi connectivity index (χ1v) is 8.64. The maximum Gasteiger partial charge on any atom is 0.228 e. The molecule has 0 spiro atoms. The molecule has 1 heterocycles. The van der Waals surface area contributed by atoms with E-state index in [4.69, 9.17) is 4.42 Å². The zero-order valence-electron chi connectivity index (χ0n) is 13.9. The number of anilines is 1. The lowest BCUT2D eigenvalue weighted by Crippen LogP contribution is -2.15. The molecule has 3 nitrogen and oxygen atoms in total. The summed E-state index contributed by atoms with van der Waals surface area (Å²) < 4.78 is 5.69. The van der Waals surface area contributed by atoms with Gasteiger partial charge in [-0.2, -0.15) is 0 Å². The van der Waals surface area contributed by atoms with Gasteiger partial charge in [0.2, 0.25) is 5.91 Å². The average molecular weight is 319 g/mol. The SMILES string of the molecule is CCc1ccccc1NC(=O)Cc1coc2cc3c(cc12)CCC3. The van der Waals surface area contributed by atoms with Crippen LogP contribution >= 0.6 is 0 Å². The van der Waals surface area contributed by atoms with Gasteiger partial charge in [0, 0.05) is 16.6 Å². The Bertz CT molecular complexity index is 907. The highest BCUT2D eigenvalue weighted by atomic mass is 16.3. The van der Waals surface area contributed by atoms with Gasteiger partial charge in [-0.25, -0.2) is 0 Å². The summed E-state index contributed by atoms with van der Waals surface area (Å²) in [5, 5.41) is 4.11. The van der Waals surface area contributed by atoms with Gasteiger partial charge >= 0.3 is 0 Å². The lowest BCUT2D eigenvalue weighted by Gasteiger charge is -2.09. The van der Waals surface area contributed by atoms with Gasteiger partial charge in [0.05, 0.1) is 12.7 Å². The predicted molar refractivity (Wildman–Crippen MR) is 96.4 cm³/mol.